The van der Waals surface area contributed by atoms with Gasteiger partial charge >= 0.3 is 0 Å². The summed E-state index contributed by atoms with van der Waals surface area (Å²) in [5.41, 5.74) is 6.83. The highest BCUT2D eigenvalue weighted by molar-refractivity contribution is 7.88. The van der Waals surface area contributed by atoms with Crippen LogP contribution >= 0.6 is 0 Å². The third kappa shape index (κ3) is 2.77. The summed E-state index contributed by atoms with van der Waals surface area (Å²) in [4.78, 5) is 4.07. The van der Waals surface area contributed by atoms with Crippen molar-refractivity contribution < 1.29 is 12.8 Å². The highest BCUT2D eigenvalue weighted by atomic mass is 32.2. The number of benzene rings is 1. The van der Waals surface area contributed by atoms with Crippen LogP contribution in [0.1, 0.15) is 0 Å². The van der Waals surface area contributed by atoms with E-state index in [1.807, 2.05) is 0 Å². The lowest BCUT2D eigenvalue weighted by molar-refractivity contribution is 0.580. The third-order valence-electron chi connectivity index (χ3n) is 2.44. The molecule has 1 aromatic heterocycles. The van der Waals surface area contributed by atoms with Gasteiger partial charge in [0.25, 0.3) is 0 Å². The Morgan fingerprint density at radius 2 is 2.22 bits per heavy atom. The highest BCUT2D eigenvalue weighted by Crippen LogP contribution is 2.18. The van der Waals surface area contributed by atoms with Gasteiger partial charge in [-0.15, -0.1) is 0 Å². The summed E-state index contributed by atoms with van der Waals surface area (Å²) < 4.78 is 38.9. The molecular formula is C10H13FN4O2S. The molecule has 8 heteroatoms. The van der Waals surface area contributed by atoms with Crippen molar-refractivity contribution in [3.05, 3.63) is 24.0 Å². The standard InChI is InChI=1S/C10H13FN4O2S/c1-18(16,17)13-4-5-15-9-6-7(11)2-3-8(9)14-10(15)12/h2-3,6,13H,4-5H2,1H3,(H2,12,14). The Morgan fingerprint density at radius 3 is 2.89 bits per heavy atom. The van der Waals surface area contributed by atoms with Gasteiger partial charge in [0.05, 0.1) is 17.3 Å². The average Bonchev–Trinajstić information content (AvgIpc) is 2.54. The third-order valence-corrected chi connectivity index (χ3v) is 3.17. The second kappa shape index (κ2) is 4.54. The maximum Gasteiger partial charge on any atom is 0.208 e. The van der Waals surface area contributed by atoms with Crippen LogP contribution in [-0.2, 0) is 16.6 Å². The topological polar surface area (TPSA) is 90.0 Å². The van der Waals surface area contributed by atoms with Crippen molar-refractivity contribution in [1.29, 1.82) is 0 Å². The zero-order valence-corrected chi connectivity index (χ0v) is 10.5. The van der Waals surface area contributed by atoms with Crippen molar-refractivity contribution in [2.75, 3.05) is 18.5 Å². The van der Waals surface area contributed by atoms with Gasteiger partial charge in [-0.25, -0.2) is 22.5 Å². The number of rotatable bonds is 4. The summed E-state index contributed by atoms with van der Waals surface area (Å²) in [6.07, 6.45) is 1.07. The molecule has 0 saturated carbocycles. The predicted molar refractivity (Wildman–Crippen MR) is 66.9 cm³/mol. The molecule has 0 bridgehead atoms. The molecule has 18 heavy (non-hydrogen) atoms. The number of imidazole rings is 1. The summed E-state index contributed by atoms with van der Waals surface area (Å²) in [6, 6.07) is 4.15. The average molecular weight is 272 g/mol. The second-order valence-electron chi connectivity index (χ2n) is 3.92. The Morgan fingerprint density at radius 1 is 1.50 bits per heavy atom. The number of nitrogens with zero attached hydrogens (tertiary/aromatic N) is 2. The largest absolute Gasteiger partial charge is 0.369 e. The van der Waals surface area contributed by atoms with Gasteiger partial charge in [-0.05, 0) is 18.2 Å². The molecule has 3 N–H and O–H groups in total. The van der Waals surface area contributed by atoms with Gasteiger partial charge in [-0.3, -0.25) is 0 Å². The van der Waals surface area contributed by atoms with Crippen LogP contribution in [0.15, 0.2) is 18.2 Å². The number of hydrogen-bond acceptors (Lipinski definition) is 4. The molecule has 0 aliphatic heterocycles. The zero-order chi connectivity index (χ0) is 13.3. The lowest BCUT2D eigenvalue weighted by Crippen LogP contribution is -2.26. The number of nitrogens with one attached hydrogen (secondary N) is 1. The van der Waals surface area contributed by atoms with Crippen LogP contribution in [0, 0.1) is 5.82 Å². The fourth-order valence-electron chi connectivity index (χ4n) is 1.69. The zero-order valence-electron chi connectivity index (χ0n) is 9.72. The number of nitrogens with two attached hydrogens (primary N) is 1. The lowest BCUT2D eigenvalue weighted by atomic mass is 10.3. The monoisotopic (exact) mass is 272 g/mol. The van der Waals surface area contributed by atoms with Gasteiger partial charge in [0, 0.05) is 13.1 Å². The van der Waals surface area contributed by atoms with Gasteiger partial charge in [0.1, 0.15) is 5.82 Å². The van der Waals surface area contributed by atoms with E-state index in [1.54, 1.807) is 4.57 Å². The number of halogens is 1. The van der Waals surface area contributed by atoms with E-state index in [0.29, 0.717) is 17.6 Å². The molecule has 0 saturated heterocycles. The fourth-order valence-corrected chi connectivity index (χ4v) is 2.15. The first-order valence-corrected chi connectivity index (χ1v) is 7.12. The highest BCUT2D eigenvalue weighted by Gasteiger charge is 2.09. The van der Waals surface area contributed by atoms with Crippen molar-refractivity contribution in [3.63, 3.8) is 0 Å². The van der Waals surface area contributed by atoms with Crippen molar-refractivity contribution >= 4 is 27.0 Å². The number of hydrogen-bond donors (Lipinski definition) is 2. The van der Waals surface area contributed by atoms with E-state index in [4.69, 9.17) is 5.73 Å². The predicted octanol–water partition coefficient (Wildman–Crippen LogP) is 0.307. The van der Waals surface area contributed by atoms with Gasteiger partial charge in [0.15, 0.2) is 0 Å². The smallest absolute Gasteiger partial charge is 0.208 e. The van der Waals surface area contributed by atoms with E-state index in [1.165, 1.54) is 18.2 Å². The normalized spacial score (nSPS) is 12.1. The number of aromatic nitrogens is 2. The van der Waals surface area contributed by atoms with Crippen molar-refractivity contribution in [3.8, 4) is 0 Å². The molecule has 0 atom stereocenters. The maximum absolute atomic E-state index is 13.1. The number of anilines is 1. The molecule has 0 spiro atoms. The van der Waals surface area contributed by atoms with Gasteiger partial charge in [-0.1, -0.05) is 0 Å². The van der Waals surface area contributed by atoms with Crippen molar-refractivity contribution in [2.45, 2.75) is 6.54 Å². The van der Waals surface area contributed by atoms with E-state index in [-0.39, 0.29) is 18.3 Å². The van der Waals surface area contributed by atoms with Gasteiger partial charge < -0.3 is 10.3 Å². The molecule has 0 aliphatic carbocycles. The summed E-state index contributed by atoms with van der Waals surface area (Å²) in [5.74, 6) is -0.161. The Labute approximate surface area is 104 Å². The molecular weight excluding hydrogens is 259 g/mol. The SMILES string of the molecule is CS(=O)(=O)NCCn1c(N)nc2ccc(F)cc21. The maximum atomic E-state index is 13.1. The Hall–Kier alpha value is -1.67. The van der Waals surface area contributed by atoms with Gasteiger partial charge in [0.2, 0.25) is 16.0 Å². The van der Waals surface area contributed by atoms with Crippen LogP contribution in [0.2, 0.25) is 0 Å². The molecule has 0 aliphatic rings. The van der Waals surface area contributed by atoms with E-state index >= 15 is 0 Å². The molecule has 0 unspecified atom stereocenters. The molecule has 2 aromatic rings. The number of nitrogen functional groups attached to an aromatic ring is 1. The summed E-state index contributed by atoms with van der Waals surface area (Å²) in [6.45, 7) is 0.462. The molecule has 0 fully saturated rings. The van der Waals surface area contributed by atoms with Gasteiger partial charge in [-0.2, -0.15) is 0 Å². The van der Waals surface area contributed by atoms with Crippen LogP contribution in [0.3, 0.4) is 0 Å². The molecule has 0 radical (unpaired) electrons. The fraction of sp³-hybridized carbons (Fsp3) is 0.300. The van der Waals surface area contributed by atoms with E-state index in [9.17, 15) is 12.8 Å². The molecule has 0 amide bonds. The van der Waals surface area contributed by atoms with Crippen LogP contribution in [0.4, 0.5) is 10.3 Å². The first-order chi connectivity index (χ1) is 8.37. The minimum atomic E-state index is -3.25. The van der Waals surface area contributed by atoms with Crippen molar-refractivity contribution in [1.82, 2.24) is 14.3 Å². The minimum absolute atomic E-state index is 0.172. The minimum Gasteiger partial charge on any atom is -0.369 e. The van der Waals surface area contributed by atoms with Crippen LogP contribution in [-0.4, -0.2) is 30.8 Å². The summed E-state index contributed by atoms with van der Waals surface area (Å²) in [5, 5.41) is 0. The molecule has 98 valence electrons. The number of sulfonamides is 1. The molecule has 2 rings (SSSR count). The molecule has 1 aromatic carbocycles. The number of fused-ring (bicyclic) bond motifs is 1. The first kappa shape index (κ1) is 12.8. The lowest BCUT2D eigenvalue weighted by Gasteiger charge is -2.06. The molecule has 1 heterocycles. The van der Waals surface area contributed by atoms with E-state index < -0.39 is 10.0 Å². The van der Waals surface area contributed by atoms with E-state index in [2.05, 4.69) is 9.71 Å². The van der Waals surface area contributed by atoms with E-state index in [0.717, 1.165) is 6.26 Å². The first-order valence-electron chi connectivity index (χ1n) is 5.23. The van der Waals surface area contributed by atoms with Crippen LogP contribution in [0.5, 0.6) is 0 Å². The van der Waals surface area contributed by atoms with Crippen molar-refractivity contribution in [2.24, 2.45) is 0 Å². The summed E-state index contributed by atoms with van der Waals surface area (Å²) >= 11 is 0. The Bertz CT molecular complexity index is 680. The molecule has 6 nitrogen and oxygen atoms in total. The second-order valence-corrected chi connectivity index (χ2v) is 5.75. The summed E-state index contributed by atoms with van der Waals surface area (Å²) in [7, 11) is -3.25. The quantitative estimate of drug-likeness (QED) is 0.838. The Balaban J connectivity index is 2.27. The Kier molecular flexibility index (Phi) is 3.22. The van der Waals surface area contributed by atoms with Crippen LogP contribution in [0.25, 0.3) is 11.0 Å². The van der Waals surface area contributed by atoms with Crippen LogP contribution < -0.4 is 10.5 Å².